The van der Waals surface area contributed by atoms with Gasteiger partial charge in [0.2, 0.25) is 5.91 Å². The standard InChI is InChI=1S/C15H20N2O4/c1-2-21-13-6-4-3-5-11(13)10-17-8-7-16-15(20)12(17)9-14(18)19/h3-6,12H,2,7-10H2,1H3,(H,16,20)(H,18,19)/t12-/m1/s1. The van der Waals surface area contributed by atoms with Crippen molar-refractivity contribution in [3.63, 3.8) is 0 Å². The number of nitrogens with one attached hydrogen (secondary N) is 1. The van der Waals surface area contributed by atoms with Gasteiger partial charge in [-0.1, -0.05) is 18.2 Å². The number of aliphatic carboxylic acids is 1. The van der Waals surface area contributed by atoms with E-state index in [-0.39, 0.29) is 12.3 Å². The Labute approximate surface area is 123 Å². The van der Waals surface area contributed by atoms with Crippen LogP contribution in [0.2, 0.25) is 0 Å². The van der Waals surface area contributed by atoms with Crippen molar-refractivity contribution in [1.82, 2.24) is 10.2 Å². The number of ether oxygens (including phenoxy) is 1. The zero-order valence-corrected chi connectivity index (χ0v) is 12.0. The van der Waals surface area contributed by atoms with Crippen molar-refractivity contribution in [2.75, 3.05) is 19.7 Å². The lowest BCUT2D eigenvalue weighted by molar-refractivity contribution is -0.143. The fourth-order valence-corrected chi connectivity index (χ4v) is 2.49. The summed E-state index contributed by atoms with van der Waals surface area (Å²) in [6.45, 7) is 4.14. The number of amides is 1. The van der Waals surface area contributed by atoms with Crippen LogP contribution in [0.5, 0.6) is 5.75 Å². The van der Waals surface area contributed by atoms with Crippen molar-refractivity contribution < 1.29 is 19.4 Å². The van der Waals surface area contributed by atoms with E-state index in [2.05, 4.69) is 5.32 Å². The number of para-hydroxylation sites is 1. The predicted molar refractivity (Wildman–Crippen MR) is 77.1 cm³/mol. The fourth-order valence-electron chi connectivity index (χ4n) is 2.49. The average Bonchev–Trinajstić information content (AvgIpc) is 2.45. The highest BCUT2D eigenvalue weighted by Gasteiger charge is 2.31. The third kappa shape index (κ3) is 3.95. The van der Waals surface area contributed by atoms with Crippen molar-refractivity contribution in [3.8, 4) is 5.75 Å². The molecule has 1 atom stereocenters. The van der Waals surface area contributed by atoms with Crippen LogP contribution >= 0.6 is 0 Å². The highest BCUT2D eigenvalue weighted by Crippen LogP contribution is 2.22. The number of hydrogen-bond donors (Lipinski definition) is 2. The first kappa shape index (κ1) is 15.3. The summed E-state index contributed by atoms with van der Waals surface area (Å²) in [7, 11) is 0. The van der Waals surface area contributed by atoms with Gasteiger partial charge in [-0.3, -0.25) is 14.5 Å². The largest absolute Gasteiger partial charge is 0.494 e. The van der Waals surface area contributed by atoms with Crippen LogP contribution in [0.15, 0.2) is 24.3 Å². The lowest BCUT2D eigenvalue weighted by Crippen LogP contribution is -2.55. The normalized spacial score (nSPS) is 19.1. The number of carbonyl (C=O) groups is 2. The Bertz CT molecular complexity index is 518. The molecule has 1 aromatic rings. The van der Waals surface area contributed by atoms with Crippen molar-refractivity contribution in [2.24, 2.45) is 0 Å². The van der Waals surface area contributed by atoms with Crippen LogP contribution in [0, 0.1) is 0 Å². The maximum atomic E-state index is 11.9. The number of rotatable bonds is 6. The lowest BCUT2D eigenvalue weighted by Gasteiger charge is -2.34. The Morgan fingerprint density at radius 1 is 1.48 bits per heavy atom. The van der Waals surface area contributed by atoms with E-state index in [1.165, 1.54) is 0 Å². The molecule has 1 fully saturated rings. The molecular formula is C15H20N2O4. The quantitative estimate of drug-likeness (QED) is 0.813. The molecule has 1 aliphatic heterocycles. The summed E-state index contributed by atoms with van der Waals surface area (Å²) in [4.78, 5) is 24.7. The van der Waals surface area contributed by atoms with Gasteiger partial charge in [-0.05, 0) is 13.0 Å². The van der Waals surface area contributed by atoms with Gasteiger partial charge >= 0.3 is 5.97 Å². The molecule has 1 saturated heterocycles. The van der Waals surface area contributed by atoms with E-state index in [1.807, 2.05) is 36.1 Å². The number of nitrogens with zero attached hydrogens (tertiary/aromatic N) is 1. The summed E-state index contributed by atoms with van der Waals surface area (Å²) in [5.41, 5.74) is 0.962. The van der Waals surface area contributed by atoms with E-state index < -0.39 is 12.0 Å². The highest BCUT2D eigenvalue weighted by atomic mass is 16.5. The van der Waals surface area contributed by atoms with Gasteiger partial charge in [0, 0.05) is 25.2 Å². The molecule has 114 valence electrons. The zero-order chi connectivity index (χ0) is 15.2. The molecule has 0 bridgehead atoms. The number of carbonyl (C=O) groups excluding carboxylic acids is 1. The summed E-state index contributed by atoms with van der Waals surface area (Å²) >= 11 is 0. The number of benzene rings is 1. The molecule has 1 aliphatic rings. The Hall–Kier alpha value is -2.08. The van der Waals surface area contributed by atoms with Gasteiger partial charge in [0.25, 0.3) is 0 Å². The molecule has 0 unspecified atom stereocenters. The van der Waals surface area contributed by atoms with Crippen LogP contribution in [-0.2, 0) is 16.1 Å². The molecular weight excluding hydrogens is 272 g/mol. The average molecular weight is 292 g/mol. The van der Waals surface area contributed by atoms with Gasteiger partial charge in [-0.25, -0.2) is 0 Å². The molecule has 0 spiro atoms. The van der Waals surface area contributed by atoms with Crippen molar-refractivity contribution in [3.05, 3.63) is 29.8 Å². The van der Waals surface area contributed by atoms with Crippen LogP contribution in [-0.4, -0.2) is 47.6 Å². The molecule has 1 heterocycles. The second-order valence-electron chi connectivity index (χ2n) is 4.92. The summed E-state index contributed by atoms with van der Waals surface area (Å²) in [5, 5.41) is 11.7. The van der Waals surface area contributed by atoms with Crippen LogP contribution < -0.4 is 10.1 Å². The second-order valence-corrected chi connectivity index (χ2v) is 4.92. The summed E-state index contributed by atoms with van der Waals surface area (Å²) < 4.78 is 5.58. The molecule has 2 N–H and O–H groups in total. The van der Waals surface area contributed by atoms with E-state index >= 15 is 0 Å². The SMILES string of the molecule is CCOc1ccccc1CN1CCNC(=O)[C@H]1CC(=O)O. The molecule has 6 nitrogen and oxygen atoms in total. The van der Waals surface area contributed by atoms with Crippen molar-refractivity contribution in [1.29, 1.82) is 0 Å². The maximum absolute atomic E-state index is 11.9. The van der Waals surface area contributed by atoms with Gasteiger partial charge in [0.1, 0.15) is 11.8 Å². The highest BCUT2D eigenvalue weighted by molar-refractivity contribution is 5.86. The molecule has 0 aliphatic carbocycles. The third-order valence-electron chi connectivity index (χ3n) is 3.46. The predicted octanol–water partition coefficient (Wildman–Crippen LogP) is 0.860. The molecule has 0 radical (unpaired) electrons. The minimum Gasteiger partial charge on any atom is -0.494 e. The van der Waals surface area contributed by atoms with Gasteiger partial charge in [-0.15, -0.1) is 0 Å². The van der Waals surface area contributed by atoms with E-state index in [0.29, 0.717) is 26.2 Å². The number of carboxylic acid groups (broad SMARTS) is 1. The number of piperazine rings is 1. The third-order valence-corrected chi connectivity index (χ3v) is 3.46. The van der Waals surface area contributed by atoms with Crippen LogP contribution in [0.25, 0.3) is 0 Å². The van der Waals surface area contributed by atoms with Crippen molar-refractivity contribution >= 4 is 11.9 Å². The Balaban J connectivity index is 2.15. The Morgan fingerprint density at radius 2 is 2.24 bits per heavy atom. The number of carboxylic acids is 1. The van der Waals surface area contributed by atoms with Crippen LogP contribution in [0.4, 0.5) is 0 Å². The van der Waals surface area contributed by atoms with E-state index in [0.717, 1.165) is 11.3 Å². The molecule has 0 saturated carbocycles. The summed E-state index contributed by atoms with van der Waals surface area (Å²) in [5.74, 6) is -0.419. The van der Waals surface area contributed by atoms with E-state index in [9.17, 15) is 9.59 Å². The monoisotopic (exact) mass is 292 g/mol. The lowest BCUT2D eigenvalue weighted by atomic mass is 10.1. The minimum atomic E-state index is -0.972. The minimum absolute atomic E-state index is 0.192. The van der Waals surface area contributed by atoms with Gasteiger partial charge in [-0.2, -0.15) is 0 Å². The Kier molecular flexibility index (Phi) is 5.16. The molecule has 1 aromatic carbocycles. The summed E-state index contributed by atoms with van der Waals surface area (Å²) in [6.07, 6.45) is -0.192. The molecule has 21 heavy (non-hydrogen) atoms. The smallest absolute Gasteiger partial charge is 0.305 e. The fraction of sp³-hybridized carbons (Fsp3) is 0.467. The first-order chi connectivity index (χ1) is 10.1. The molecule has 2 rings (SSSR count). The molecule has 1 amide bonds. The van der Waals surface area contributed by atoms with Crippen molar-refractivity contribution in [2.45, 2.75) is 25.9 Å². The Morgan fingerprint density at radius 3 is 2.95 bits per heavy atom. The van der Waals surface area contributed by atoms with Gasteiger partial charge in [0.15, 0.2) is 0 Å². The van der Waals surface area contributed by atoms with Gasteiger partial charge in [0.05, 0.1) is 13.0 Å². The van der Waals surface area contributed by atoms with E-state index in [4.69, 9.17) is 9.84 Å². The first-order valence-electron chi connectivity index (χ1n) is 7.06. The maximum Gasteiger partial charge on any atom is 0.305 e. The molecule has 0 aromatic heterocycles. The first-order valence-corrected chi connectivity index (χ1v) is 7.06. The summed E-state index contributed by atoms with van der Waals surface area (Å²) in [6, 6.07) is 7.00. The van der Waals surface area contributed by atoms with Gasteiger partial charge < -0.3 is 15.2 Å². The molecule has 6 heteroatoms. The second kappa shape index (κ2) is 7.08. The van der Waals surface area contributed by atoms with Crippen LogP contribution in [0.1, 0.15) is 18.9 Å². The topological polar surface area (TPSA) is 78.9 Å². The van der Waals surface area contributed by atoms with E-state index in [1.54, 1.807) is 0 Å². The zero-order valence-electron chi connectivity index (χ0n) is 12.0. The van der Waals surface area contributed by atoms with Crippen LogP contribution in [0.3, 0.4) is 0 Å². The number of hydrogen-bond acceptors (Lipinski definition) is 4.